The summed E-state index contributed by atoms with van der Waals surface area (Å²) < 4.78 is 4.95. The number of aromatic nitrogens is 2. The van der Waals surface area contributed by atoms with E-state index in [-0.39, 0.29) is 6.61 Å². The summed E-state index contributed by atoms with van der Waals surface area (Å²) in [5.74, 6) is 0.961. The molecule has 2 N–H and O–H groups in total. The molecule has 0 aliphatic heterocycles. The third-order valence-electron chi connectivity index (χ3n) is 4.05. The smallest absolute Gasteiger partial charge is 0.341 e. The Balaban J connectivity index is 1.95. The van der Waals surface area contributed by atoms with Crippen molar-refractivity contribution in [2.24, 2.45) is 11.8 Å². The second kappa shape index (κ2) is 7.36. The molecule has 1 aliphatic carbocycles. The van der Waals surface area contributed by atoms with Gasteiger partial charge in [0.25, 0.3) is 0 Å². The summed E-state index contributed by atoms with van der Waals surface area (Å²) in [5, 5.41) is 12.5. The number of esters is 1. The van der Waals surface area contributed by atoms with Gasteiger partial charge in [0.2, 0.25) is 5.95 Å². The van der Waals surface area contributed by atoms with Crippen LogP contribution in [-0.2, 0) is 4.74 Å². The quantitative estimate of drug-likeness (QED) is 0.778. The highest BCUT2D eigenvalue weighted by atomic mass is 16.5. The third-order valence-corrected chi connectivity index (χ3v) is 4.05. The van der Waals surface area contributed by atoms with E-state index < -0.39 is 5.97 Å². The molecule has 1 fully saturated rings. The molecule has 0 aromatic carbocycles. The molecule has 1 saturated carbocycles. The third kappa shape index (κ3) is 3.91. The number of ether oxygens (including phenoxy) is 1. The molecule has 6 heteroatoms. The van der Waals surface area contributed by atoms with Gasteiger partial charge in [-0.15, -0.1) is 0 Å². The van der Waals surface area contributed by atoms with Gasteiger partial charge in [-0.2, -0.15) is 0 Å². The lowest BCUT2D eigenvalue weighted by atomic mass is 9.97. The van der Waals surface area contributed by atoms with Crippen LogP contribution < -0.4 is 5.32 Å². The van der Waals surface area contributed by atoms with Gasteiger partial charge in [0.1, 0.15) is 0 Å². The van der Waals surface area contributed by atoms with Crippen molar-refractivity contribution in [3.63, 3.8) is 0 Å². The van der Waals surface area contributed by atoms with Crippen LogP contribution in [0.4, 0.5) is 5.95 Å². The van der Waals surface area contributed by atoms with Crippen LogP contribution in [0.5, 0.6) is 0 Å². The van der Waals surface area contributed by atoms with E-state index in [0.717, 1.165) is 19.4 Å². The van der Waals surface area contributed by atoms with Crippen molar-refractivity contribution in [3.05, 3.63) is 17.5 Å². The molecular formula is C15H23N3O3. The summed E-state index contributed by atoms with van der Waals surface area (Å²) in [5.41, 5.74) is 1.01. The zero-order chi connectivity index (χ0) is 15.2. The Morgan fingerprint density at radius 3 is 2.90 bits per heavy atom. The Morgan fingerprint density at radius 2 is 2.24 bits per heavy atom. The Bertz CT molecular complexity index is 493. The molecule has 0 saturated heterocycles. The molecule has 1 aromatic heterocycles. The number of aliphatic hydroxyl groups excluding tert-OH is 1. The number of nitrogens with zero attached hydrogens (tertiary/aromatic N) is 2. The molecule has 2 unspecified atom stereocenters. The van der Waals surface area contributed by atoms with Crippen LogP contribution in [-0.4, -0.2) is 40.8 Å². The molecule has 2 atom stereocenters. The van der Waals surface area contributed by atoms with Crippen molar-refractivity contribution in [2.75, 3.05) is 25.1 Å². The molecule has 0 bridgehead atoms. The first kappa shape index (κ1) is 15.7. The highest BCUT2D eigenvalue weighted by Gasteiger charge is 2.26. The topological polar surface area (TPSA) is 84.3 Å². The average molecular weight is 293 g/mol. The Kier molecular flexibility index (Phi) is 5.50. The van der Waals surface area contributed by atoms with Crippen molar-refractivity contribution in [1.29, 1.82) is 0 Å². The molecule has 1 aliphatic rings. The first-order valence-electron chi connectivity index (χ1n) is 7.51. The van der Waals surface area contributed by atoms with Crippen molar-refractivity contribution in [2.45, 2.75) is 33.1 Å². The summed E-state index contributed by atoms with van der Waals surface area (Å²) in [6, 6.07) is 0. The maximum absolute atomic E-state index is 11.7. The number of anilines is 1. The normalized spacial score (nSPS) is 21.3. The molecular weight excluding hydrogens is 270 g/mol. The number of carbonyl (C=O) groups is 1. The van der Waals surface area contributed by atoms with Gasteiger partial charge in [-0.3, -0.25) is 0 Å². The van der Waals surface area contributed by atoms with Gasteiger partial charge in [0, 0.05) is 19.3 Å². The van der Waals surface area contributed by atoms with E-state index in [1.165, 1.54) is 12.6 Å². The Labute approximate surface area is 124 Å². The number of nitrogens with one attached hydrogen (secondary N) is 1. The van der Waals surface area contributed by atoms with Crippen molar-refractivity contribution in [3.8, 4) is 0 Å². The fourth-order valence-electron chi connectivity index (χ4n) is 2.81. The predicted molar refractivity (Wildman–Crippen MR) is 79.1 cm³/mol. The molecule has 6 nitrogen and oxygen atoms in total. The fourth-order valence-corrected chi connectivity index (χ4v) is 2.81. The number of hydrogen-bond acceptors (Lipinski definition) is 6. The van der Waals surface area contributed by atoms with Crippen LogP contribution in [0.3, 0.4) is 0 Å². The summed E-state index contributed by atoms with van der Waals surface area (Å²) >= 11 is 0. The minimum absolute atomic E-state index is 0.244. The highest BCUT2D eigenvalue weighted by molar-refractivity contribution is 5.90. The lowest BCUT2D eigenvalue weighted by Crippen LogP contribution is -2.22. The van der Waals surface area contributed by atoms with Crippen LogP contribution in [0.15, 0.2) is 6.20 Å². The Hall–Kier alpha value is -1.69. The summed E-state index contributed by atoms with van der Waals surface area (Å²) in [6.07, 6.45) is 4.88. The van der Waals surface area contributed by atoms with Gasteiger partial charge in [-0.1, -0.05) is 6.42 Å². The van der Waals surface area contributed by atoms with Gasteiger partial charge in [-0.05, 0) is 38.5 Å². The second-order valence-electron chi connectivity index (χ2n) is 5.43. The number of aryl methyl sites for hydroxylation is 1. The van der Waals surface area contributed by atoms with E-state index in [1.807, 2.05) is 0 Å². The zero-order valence-corrected chi connectivity index (χ0v) is 12.6. The maximum atomic E-state index is 11.7. The summed E-state index contributed by atoms with van der Waals surface area (Å²) in [6.45, 7) is 4.87. The summed E-state index contributed by atoms with van der Waals surface area (Å²) in [4.78, 5) is 20.1. The van der Waals surface area contributed by atoms with Crippen molar-refractivity contribution in [1.82, 2.24) is 9.97 Å². The van der Waals surface area contributed by atoms with E-state index >= 15 is 0 Å². The first-order chi connectivity index (χ1) is 10.2. The Morgan fingerprint density at radius 1 is 1.48 bits per heavy atom. The number of rotatable bonds is 6. The number of hydrogen-bond donors (Lipinski definition) is 2. The lowest BCUT2D eigenvalue weighted by Gasteiger charge is -2.17. The standard InChI is InChI=1S/C15H23N3O3/c1-3-21-14(20)13-8-17-15(18-10(13)2)16-7-11-5-4-6-12(11)9-19/h8,11-12,19H,3-7,9H2,1-2H3,(H,16,17,18). The SMILES string of the molecule is CCOC(=O)c1cnc(NCC2CCCC2CO)nc1C. The van der Waals surface area contributed by atoms with Crippen molar-refractivity contribution >= 4 is 11.9 Å². The fraction of sp³-hybridized carbons (Fsp3) is 0.667. The maximum Gasteiger partial charge on any atom is 0.341 e. The van der Waals surface area contributed by atoms with Gasteiger partial charge in [0.15, 0.2) is 0 Å². The van der Waals surface area contributed by atoms with Gasteiger partial charge in [-0.25, -0.2) is 14.8 Å². The van der Waals surface area contributed by atoms with Crippen LogP contribution in [0, 0.1) is 18.8 Å². The van der Waals surface area contributed by atoms with Gasteiger partial charge in [0.05, 0.1) is 17.9 Å². The molecule has 1 heterocycles. The molecule has 0 amide bonds. The highest BCUT2D eigenvalue weighted by Crippen LogP contribution is 2.31. The van der Waals surface area contributed by atoms with Gasteiger partial charge >= 0.3 is 5.97 Å². The minimum Gasteiger partial charge on any atom is -0.462 e. The van der Waals surface area contributed by atoms with E-state index in [2.05, 4.69) is 15.3 Å². The van der Waals surface area contributed by atoms with Crippen LogP contribution >= 0.6 is 0 Å². The van der Waals surface area contributed by atoms with E-state index in [0.29, 0.717) is 35.6 Å². The average Bonchev–Trinajstić information content (AvgIpc) is 2.92. The van der Waals surface area contributed by atoms with Gasteiger partial charge < -0.3 is 15.2 Å². The summed E-state index contributed by atoms with van der Waals surface area (Å²) in [7, 11) is 0. The molecule has 1 aromatic rings. The van der Waals surface area contributed by atoms with E-state index in [1.54, 1.807) is 13.8 Å². The largest absolute Gasteiger partial charge is 0.462 e. The molecule has 116 valence electrons. The molecule has 2 rings (SSSR count). The number of aliphatic hydroxyl groups is 1. The second-order valence-corrected chi connectivity index (χ2v) is 5.43. The predicted octanol–water partition coefficient (Wildman–Crippen LogP) is 1.78. The lowest BCUT2D eigenvalue weighted by molar-refractivity contribution is 0.0524. The van der Waals surface area contributed by atoms with Crippen LogP contribution in [0.2, 0.25) is 0 Å². The molecule has 21 heavy (non-hydrogen) atoms. The minimum atomic E-state index is -0.391. The zero-order valence-electron chi connectivity index (χ0n) is 12.6. The molecule has 0 spiro atoms. The van der Waals surface area contributed by atoms with E-state index in [9.17, 15) is 9.90 Å². The van der Waals surface area contributed by atoms with Crippen LogP contribution in [0.1, 0.15) is 42.2 Å². The molecule has 0 radical (unpaired) electrons. The monoisotopic (exact) mass is 293 g/mol. The number of carbonyl (C=O) groups excluding carboxylic acids is 1. The first-order valence-corrected chi connectivity index (χ1v) is 7.51. The van der Waals surface area contributed by atoms with E-state index in [4.69, 9.17) is 4.74 Å². The van der Waals surface area contributed by atoms with Crippen LogP contribution in [0.25, 0.3) is 0 Å². The van der Waals surface area contributed by atoms with Crippen molar-refractivity contribution < 1.29 is 14.6 Å².